The van der Waals surface area contributed by atoms with Crippen molar-refractivity contribution in [2.45, 2.75) is 38.5 Å². The average Bonchev–Trinajstić information content (AvgIpc) is 2.40. The summed E-state index contributed by atoms with van der Waals surface area (Å²) in [6.45, 7) is 5.60. The van der Waals surface area contributed by atoms with E-state index < -0.39 is 8.80 Å². The van der Waals surface area contributed by atoms with Crippen molar-refractivity contribution in [3.8, 4) is 0 Å². The molecule has 17 heavy (non-hydrogen) atoms. The number of hydrogen-bond acceptors (Lipinski definition) is 1. The Labute approximate surface area is 106 Å². The minimum absolute atomic E-state index is 0.558. The van der Waals surface area contributed by atoms with Crippen molar-refractivity contribution in [1.29, 1.82) is 0 Å². The predicted octanol–water partition coefficient (Wildman–Crippen LogP) is 3.59. The Kier molecular flexibility index (Phi) is 4.57. The van der Waals surface area contributed by atoms with E-state index in [0.29, 0.717) is 5.73 Å². The topological polar surface area (TPSA) is 9.23 Å². The molecule has 2 unspecified atom stereocenters. The second kappa shape index (κ2) is 6.17. The number of allylic oxidation sites excluding steroid dienone is 1. The van der Waals surface area contributed by atoms with E-state index in [0.717, 1.165) is 6.61 Å². The molecule has 0 amide bonds. The molecule has 1 aliphatic heterocycles. The van der Waals surface area contributed by atoms with Gasteiger partial charge in [-0.1, -0.05) is 48.2 Å². The Hall–Kier alpha value is -0.863. The molecule has 0 saturated carbocycles. The minimum atomic E-state index is -0.895. The van der Waals surface area contributed by atoms with Crippen molar-refractivity contribution >= 4 is 14.4 Å². The first-order chi connectivity index (χ1) is 8.27. The average molecular weight is 246 g/mol. The zero-order chi connectivity index (χ0) is 12.1. The Morgan fingerprint density at radius 1 is 1.29 bits per heavy atom. The molecule has 0 aliphatic carbocycles. The summed E-state index contributed by atoms with van der Waals surface area (Å²) < 4.78 is 5.89. The fourth-order valence-electron chi connectivity index (χ4n) is 2.48. The summed E-state index contributed by atoms with van der Waals surface area (Å²) in [6, 6.07) is 10.7. The molecule has 2 rings (SSSR count). The maximum atomic E-state index is 5.89. The maximum absolute atomic E-state index is 5.89. The molecule has 1 heterocycles. The lowest BCUT2D eigenvalue weighted by Crippen LogP contribution is -2.32. The second-order valence-corrected chi connectivity index (χ2v) is 7.77. The summed E-state index contributed by atoms with van der Waals surface area (Å²) in [7, 11) is -0.895. The predicted molar refractivity (Wildman–Crippen MR) is 76.7 cm³/mol. The second-order valence-electron chi connectivity index (χ2n) is 4.98. The van der Waals surface area contributed by atoms with Gasteiger partial charge in [0.05, 0.1) is 8.80 Å². The Morgan fingerprint density at radius 3 is 2.71 bits per heavy atom. The van der Waals surface area contributed by atoms with Crippen molar-refractivity contribution < 1.29 is 4.74 Å². The lowest BCUT2D eigenvalue weighted by molar-refractivity contribution is 0.0637. The summed E-state index contributed by atoms with van der Waals surface area (Å²) in [5.74, 6) is 0. The van der Waals surface area contributed by atoms with Gasteiger partial charge in [-0.05, 0) is 31.7 Å². The van der Waals surface area contributed by atoms with Crippen molar-refractivity contribution in [1.82, 2.24) is 0 Å². The van der Waals surface area contributed by atoms with E-state index in [2.05, 4.69) is 49.5 Å². The molecular weight excluding hydrogens is 224 g/mol. The van der Waals surface area contributed by atoms with Crippen LogP contribution in [0.2, 0.25) is 6.55 Å². The van der Waals surface area contributed by atoms with Gasteiger partial charge in [0.2, 0.25) is 0 Å². The zero-order valence-corrected chi connectivity index (χ0v) is 12.0. The molecule has 1 aromatic rings. The van der Waals surface area contributed by atoms with E-state index in [4.69, 9.17) is 4.74 Å². The van der Waals surface area contributed by atoms with Gasteiger partial charge in [0.15, 0.2) is 0 Å². The lowest BCUT2D eigenvalue weighted by Gasteiger charge is -2.26. The quantitative estimate of drug-likeness (QED) is 0.741. The maximum Gasteiger partial charge on any atom is 0.0922 e. The SMILES string of the molecule is CC(=C[SiH](C)C1CCCCO1)c1ccccc1. The summed E-state index contributed by atoms with van der Waals surface area (Å²) in [4.78, 5) is 0. The zero-order valence-electron chi connectivity index (χ0n) is 10.9. The summed E-state index contributed by atoms with van der Waals surface area (Å²) in [5.41, 5.74) is 5.81. The van der Waals surface area contributed by atoms with Gasteiger partial charge in [-0.2, -0.15) is 0 Å². The molecule has 1 aromatic carbocycles. The van der Waals surface area contributed by atoms with Crippen LogP contribution in [-0.2, 0) is 4.74 Å². The largest absolute Gasteiger partial charge is 0.382 e. The van der Waals surface area contributed by atoms with Gasteiger partial charge in [-0.3, -0.25) is 0 Å². The van der Waals surface area contributed by atoms with Gasteiger partial charge in [0, 0.05) is 12.3 Å². The Balaban J connectivity index is 2.02. The minimum Gasteiger partial charge on any atom is -0.382 e. The van der Waals surface area contributed by atoms with Crippen LogP contribution in [0.15, 0.2) is 36.0 Å². The Morgan fingerprint density at radius 2 is 2.06 bits per heavy atom. The highest BCUT2D eigenvalue weighted by Gasteiger charge is 2.20. The molecule has 1 aliphatic rings. The number of benzene rings is 1. The third-order valence-electron chi connectivity index (χ3n) is 3.54. The van der Waals surface area contributed by atoms with E-state index in [-0.39, 0.29) is 0 Å². The number of rotatable bonds is 3. The monoisotopic (exact) mass is 246 g/mol. The van der Waals surface area contributed by atoms with Gasteiger partial charge < -0.3 is 4.74 Å². The highest BCUT2D eigenvalue weighted by Crippen LogP contribution is 2.19. The van der Waals surface area contributed by atoms with E-state index >= 15 is 0 Å². The van der Waals surface area contributed by atoms with Gasteiger partial charge in [0.1, 0.15) is 0 Å². The van der Waals surface area contributed by atoms with Gasteiger partial charge in [-0.15, -0.1) is 0 Å². The number of hydrogen-bond donors (Lipinski definition) is 0. The summed E-state index contributed by atoms with van der Waals surface area (Å²) in [5, 5.41) is 0. The van der Waals surface area contributed by atoms with Crippen LogP contribution in [-0.4, -0.2) is 21.1 Å². The standard InChI is InChI=1S/C15H22OSi/c1-13(14-8-4-3-5-9-14)12-17(2)15-10-6-7-11-16-15/h3-5,8-9,12,15,17H,6-7,10-11H2,1-2H3. The van der Waals surface area contributed by atoms with Crippen LogP contribution in [0.1, 0.15) is 31.7 Å². The van der Waals surface area contributed by atoms with Gasteiger partial charge in [0.25, 0.3) is 0 Å². The lowest BCUT2D eigenvalue weighted by atomic mass is 10.1. The summed E-state index contributed by atoms with van der Waals surface area (Å²) in [6.07, 6.45) is 3.87. The third-order valence-corrected chi connectivity index (χ3v) is 6.27. The van der Waals surface area contributed by atoms with Crippen LogP contribution in [0.5, 0.6) is 0 Å². The molecule has 2 heteroatoms. The number of ether oxygens (including phenoxy) is 1. The first-order valence-electron chi connectivity index (χ1n) is 6.63. The van der Waals surface area contributed by atoms with E-state index in [1.807, 2.05) is 0 Å². The fraction of sp³-hybridized carbons (Fsp3) is 0.467. The first-order valence-corrected chi connectivity index (χ1v) is 9.11. The van der Waals surface area contributed by atoms with Crippen molar-refractivity contribution in [3.63, 3.8) is 0 Å². The summed E-state index contributed by atoms with van der Waals surface area (Å²) >= 11 is 0. The van der Waals surface area contributed by atoms with Gasteiger partial charge in [-0.25, -0.2) is 0 Å². The van der Waals surface area contributed by atoms with Crippen LogP contribution in [0, 0.1) is 0 Å². The molecule has 0 radical (unpaired) electrons. The molecular formula is C15H22OSi. The molecule has 1 saturated heterocycles. The highest BCUT2D eigenvalue weighted by atomic mass is 28.3. The third kappa shape index (κ3) is 3.55. The normalized spacial score (nSPS) is 23.4. The molecule has 92 valence electrons. The molecule has 2 atom stereocenters. The van der Waals surface area contributed by atoms with E-state index in [9.17, 15) is 0 Å². The molecule has 0 aromatic heterocycles. The van der Waals surface area contributed by atoms with Crippen molar-refractivity contribution in [2.24, 2.45) is 0 Å². The van der Waals surface area contributed by atoms with Crippen molar-refractivity contribution in [2.75, 3.05) is 6.61 Å². The van der Waals surface area contributed by atoms with E-state index in [1.54, 1.807) is 0 Å². The van der Waals surface area contributed by atoms with Crippen LogP contribution >= 0.6 is 0 Å². The van der Waals surface area contributed by atoms with Crippen LogP contribution < -0.4 is 0 Å². The van der Waals surface area contributed by atoms with E-state index in [1.165, 1.54) is 30.4 Å². The van der Waals surface area contributed by atoms with Crippen LogP contribution in [0.4, 0.5) is 0 Å². The molecule has 1 nitrogen and oxygen atoms in total. The smallest absolute Gasteiger partial charge is 0.0922 e. The molecule has 0 N–H and O–H groups in total. The van der Waals surface area contributed by atoms with Gasteiger partial charge >= 0.3 is 0 Å². The molecule has 0 bridgehead atoms. The molecule has 0 spiro atoms. The van der Waals surface area contributed by atoms with Crippen LogP contribution in [0.3, 0.4) is 0 Å². The van der Waals surface area contributed by atoms with Crippen LogP contribution in [0.25, 0.3) is 5.57 Å². The molecule has 1 fully saturated rings. The first kappa shape index (κ1) is 12.6. The highest BCUT2D eigenvalue weighted by molar-refractivity contribution is 6.65. The fourth-order valence-corrected chi connectivity index (χ4v) is 4.88. The van der Waals surface area contributed by atoms with Crippen molar-refractivity contribution in [3.05, 3.63) is 41.6 Å². The Bertz CT molecular complexity index is 366.